The average molecular weight is 240 g/mol. The molecule has 1 aromatic rings. The molecule has 1 aliphatic rings. The largest absolute Gasteiger partial charge is 0.353 e. The Morgan fingerprint density at radius 2 is 2.12 bits per heavy atom. The summed E-state index contributed by atoms with van der Waals surface area (Å²) in [4.78, 5) is 10.8. The third-order valence-electron chi connectivity index (χ3n) is 2.66. The van der Waals surface area contributed by atoms with Crippen molar-refractivity contribution in [3.63, 3.8) is 0 Å². The van der Waals surface area contributed by atoms with Crippen LogP contribution < -0.4 is 4.90 Å². The summed E-state index contributed by atoms with van der Waals surface area (Å²) in [6, 6.07) is 2.68. The van der Waals surface area contributed by atoms with Gasteiger partial charge in [-0.3, -0.25) is 0 Å². The Morgan fingerprint density at radius 3 is 2.62 bits per heavy atom. The molecule has 0 aliphatic heterocycles. The molecule has 1 saturated carbocycles. The fourth-order valence-electron chi connectivity index (χ4n) is 1.87. The Labute approximate surface area is 102 Å². The van der Waals surface area contributed by atoms with Crippen molar-refractivity contribution in [1.82, 2.24) is 9.97 Å². The molecule has 0 amide bonds. The summed E-state index contributed by atoms with van der Waals surface area (Å²) >= 11 is 5.91. The molecule has 0 saturated heterocycles. The minimum atomic E-state index is 0.351. The van der Waals surface area contributed by atoms with Crippen LogP contribution in [0.4, 0.5) is 5.82 Å². The lowest BCUT2D eigenvalue weighted by Gasteiger charge is -2.25. The van der Waals surface area contributed by atoms with Crippen LogP contribution >= 0.6 is 11.6 Å². The van der Waals surface area contributed by atoms with E-state index in [9.17, 15) is 0 Å². The highest BCUT2D eigenvalue weighted by molar-refractivity contribution is 6.28. The van der Waals surface area contributed by atoms with E-state index in [1.54, 1.807) is 0 Å². The van der Waals surface area contributed by atoms with Gasteiger partial charge in [-0.25, -0.2) is 9.97 Å². The predicted octanol–water partition coefficient (Wildman–Crippen LogP) is 3.06. The lowest BCUT2D eigenvalue weighted by Crippen LogP contribution is -2.30. The Hall–Kier alpha value is -0.830. The topological polar surface area (TPSA) is 29.0 Å². The van der Waals surface area contributed by atoms with Crippen LogP contribution in [0.15, 0.2) is 6.07 Å². The predicted molar refractivity (Wildman–Crippen MR) is 67.0 cm³/mol. The number of aryl methyl sites for hydroxylation is 1. The zero-order valence-electron chi connectivity index (χ0n) is 10.1. The van der Waals surface area contributed by atoms with Crippen molar-refractivity contribution in [2.45, 2.75) is 39.7 Å². The normalized spacial score (nSPS) is 15.6. The Balaban J connectivity index is 2.23. The quantitative estimate of drug-likeness (QED) is 0.757. The van der Waals surface area contributed by atoms with Crippen molar-refractivity contribution in [3.8, 4) is 0 Å². The highest BCUT2D eigenvalue weighted by Crippen LogP contribution is 2.31. The zero-order chi connectivity index (χ0) is 11.7. The maximum absolute atomic E-state index is 5.91. The molecule has 3 nitrogen and oxygen atoms in total. The highest BCUT2D eigenvalue weighted by atomic mass is 35.5. The molecule has 1 heterocycles. The molecule has 4 heteroatoms. The van der Waals surface area contributed by atoms with E-state index in [1.807, 2.05) is 13.0 Å². The van der Waals surface area contributed by atoms with E-state index in [4.69, 9.17) is 11.6 Å². The molecule has 0 aromatic carbocycles. The number of halogens is 1. The molecule has 1 aromatic heterocycles. The molecule has 0 radical (unpaired) electrons. The Kier molecular flexibility index (Phi) is 3.33. The molecule has 0 unspecified atom stereocenters. The average Bonchev–Trinajstić information content (AvgIpc) is 2.95. The van der Waals surface area contributed by atoms with Gasteiger partial charge in [0.1, 0.15) is 5.82 Å². The Bertz CT molecular complexity index is 354. The first-order valence-electron chi connectivity index (χ1n) is 5.84. The second kappa shape index (κ2) is 4.58. The lowest BCUT2D eigenvalue weighted by atomic mass is 10.2. The monoisotopic (exact) mass is 239 g/mol. The van der Waals surface area contributed by atoms with Crippen LogP contribution in [0.25, 0.3) is 0 Å². The van der Waals surface area contributed by atoms with E-state index in [1.165, 1.54) is 12.8 Å². The minimum absolute atomic E-state index is 0.351. The molecule has 0 spiro atoms. The van der Waals surface area contributed by atoms with Crippen LogP contribution in [0.1, 0.15) is 32.4 Å². The van der Waals surface area contributed by atoms with Crippen molar-refractivity contribution >= 4 is 17.4 Å². The zero-order valence-corrected chi connectivity index (χ0v) is 10.8. The SMILES string of the molecule is Cc1cc(N(CC(C)C)C2CC2)nc(Cl)n1. The van der Waals surface area contributed by atoms with Gasteiger partial charge in [-0.2, -0.15) is 0 Å². The molecular formula is C12H18ClN3. The van der Waals surface area contributed by atoms with E-state index in [0.29, 0.717) is 17.2 Å². The van der Waals surface area contributed by atoms with Crippen LogP contribution in [-0.2, 0) is 0 Å². The summed E-state index contributed by atoms with van der Waals surface area (Å²) in [7, 11) is 0. The fraction of sp³-hybridized carbons (Fsp3) is 0.667. The number of anilines is 1. The summed E-state index contributed by atoms with van der Waals surface area (Å²) in [6.07, 6.45) is 2.54. The molecule has 16 heavy (non-hydrogen) atoms. The molecule has 0 N–H and O–H groups in total. The van der Waals surface area contributed by atoms with Crippen LogP contribution in [0.5, 0.6) is 0 Å². The minimum Gasteiger partial charge on any atom is -0.353 e. The van der Waals surface area contributed by atoms with Gasteiger partial charge in [0.2, 0.25) is 5.28 Å². The second-order valence-corrected chi connectivity index (χ2v) is 5.25. The third kappa shape index (κ3) is 2.85. The van der Waals surface area contributed by atoms with Crippen LogP contribution in [0.2, 0.25) is 5.28 Å². The summed E-state index contributed by atoms with van der Waals surface area (Å²) in [6.45, 7) is 7.45. The van der Waals surface area contributed by atoms with Gasteiger partial charge in [0.05, 0.1) is 0 Å². The van der Waals surface area contributed by atoms with Gasteiger partial charge in [-0.15, -0.1) is 0 Å². The second-order valence-electron chi connectivity index (χ2n) is 4.91. The molecular weight excluding hydrogens is 222 g/mol. The van der Waals surface area contributed by atoms with Gasteiger partial charge in [0.25, 0.3) is 0 Å². The van der Waals surface area contributed by atoms with Gasteiger partial charge >= 0.3 is 0 Å². The summed E-state index contributed by atoms with van der Waals surface area (Å²) in [5.41, 5.74) is 0.935. The molecule has 0 bridgehead atoms. The molecule has 88 valence electrons. The molecule has 0 atom stereocenters. The first-order chi connectivity index (χ1) is 7.56. The van der Waals surface area contributed by atoms with E-state index in [-0.39, 0.29) is 0 Å². The number of hydrogen-bond acceptors (Lipinski definition) is 3. The van der Waals surface area contributed by atoms with Gasteiger partial charge in [0, 0.05) is 24.3 Å². The van der Waals surface area contributed by atoms with Crippen molar-refractivity contribution in [3.05, 3.63) is 17.0 Å². The number of rotatable bonds is 4. The maximum Gasteiger partial charge on any atom is 0.224 e. The van der Waals surface area contributed by atoms with E-state index in [2.05, 4.69) is 28.7 Å². The van der Waals surface area contributed by atoms with E-state index in [0.717, 1.165) is 18.1 Å². The van der Waals surface area contributed by atoms with Crippen molar-refractivity contribution < 1.29 is 0 Å². The highest BCUT2D eigenvalue weighted by Gasteiger charge is 2.30. The number of aromatic nitrogens is 2. The van der Waals surface area contributed by atoms with E-state index >= 15 is 0 Å². The summed E-state index contributed by atoms with van der Waals surface area (Å²) in [5.74, 6) is 1.61. The lowest BCUT2D eigenvalue weighted by molar-refractivity contribution is 0.602. The first-order valence-corrected chi connectivity index (χ1v) is 6.22. The van der Waals surface area contributed by atoms with Crippen molar-refractivity contribution in [2.24, 2.45) is 5.92 Å². The van der Waals surface area contributed by atoms with Crippen molar-refractivity contribution in [1.29, 1.82) is 0 Å². The number of hydrogen-bond donors (Lipinski definition) is 0. The maximum atomic E-state index is 5.91. The Morgan fingerprint density at radius 1 is 1.44 bits per heavy atom. The van der Waals surface area contributed by atoms with Gasteiger partial charge in [-0.1, -0.05) is 13.8 Å². The van der Waals surface area contributed by atoms with Crippen LogP contribution in [-0.4, -0.2) is 22.6 Å². The van der Waals surface area contributed by atoms with Gasteiger partial charge in [-0.05, 0) is 37.3 Å². The summed E-state index contributed by atoms with van der Waals surface area (Å²) < 4.78 is 0. The first kappa shape index (κ1) is 11.6. The van der Waals surface area contributed by atoms with Gasteiger partial charge < -0.3 is 4.90 Å². The molecule has 1 fully saturated rings. The van der Waals surface area contributed by atoms with E-state index < -0.39 is 0 Å². The van der Waals surface area contributed by atoms with Gasteiger partial charge in [0.15, 0.2) is 0 Å². The third-order valence-corrected chi connectivity index (χ3v) is 2.83. The van der Waals surface area contributed by atoms with Crippen LogP contribution in [0.3, 0.4) is 0 Å². The van der Waals surface area contributed by atoms with Crippen molar-refractivity contribution in [2.75, 3.05) is 11.4 Å². The molecule has 2 rings (SSSR count). The standard InChI is InChI=1S/C12H18ClN3/c1-8(2)7-16(10-4-5-10)11-6-9(3)14-12(13)15-11/h6,8,10H,4-5,7H2,1-3H3. The summed E-state index contributed by atoms with van der Waals surface area (Å²) in [5, 5.41) is 0.351. The fourth-order valence-corrected chi connectivity index (χ4v) is 2.09. The number of nitrogens with zero attached hydrogens (tertiary/aromatic N) is 3. The molecule has 1 aliphatic carbocycles. The smallest absolute Gasteiger partial charge is 0.224 e. The van der Waals surface area contributed by atoms with Crippen LogP contribution in [0, 0.1) is 12.8 Å².